The molecule has 9 heteroatoms. The number of carboxylic acids is 1. The molecular formula is C21H24N6O3. The van der Waals surface area contributed by atoms with Gasteiger partial charge in [-0.25, -0.2) is 9.78 Å². The molecule has 3 heterocycles. The highest BCUT2D eigenvalue weighted by Crippen LogP contribution is 2.31. The van der Waals surface area contributed by atoms with Gasteiger partial charge in [0, 0.05) is 32.4 Å². The zero-order valence-electron chi connectivity index (χ0n) is 16.5. The summed E-state index contributed by atoms with van der Waals surface area (Å²) in [4.78, 5) is 37.3. The third-order valence-corrected chi connectivity index (χ3v) is 5.26. The summed E-state index contributed by atoms with van der Waals surface area (Å²) in [6, 6.07) is 11.4. The number of fused-ring (bicyclic) bond motifs is 2. The predicted octanol–water partition coefficient (Wildman–Crippen LogP) is 2.54. The molecule has 0 radical (unpaired) electrons. The van der Waals surface area contributed by atoms with Crippen molar-refractivity contribution >= 4 is 29.1 Å². The molecule has 2 aromatic heterocycles. The van der Waals surface area contributed by atoms with Gasteiger partial charge in [-0.05, 0) is 35.6 Å². The third kappa shape index (κ3) is 4.51. The molecule has 0 fully saturated rings. The fourth-order valence-corrected chi connectivity index (χ4v) is 3.82. The minimum atomic E-state index is -0.820. The third-order valence-electron chi connectivity index (χ3n) is 5.26. The summed E-state index contributed by atoms with van der Waals surface area (Å²) >= 11 is 0. The number of hydrogen-bond acceptors (Lipinski definition) is 5. The number of amides is 2. The Labute approximate surface area is 173 Å². The van der Waals surface area contributed by atoms with E-state index in [1.54, 1.807) is 11.1 Å². The number of aromatic nitrogens is 3. The van der Waals surface area contributed by atoms with Crippen molar-refractivity contribution in [2.75, 3.05) is 25.0 Å². The first-order valence-corrected chi connectivity index (χ1v) is 9.97. The van der Waals surface area contributed by atoms with E-state index in [-0.39, 0.29) is 18.4 Å². The number of nitrogens with one attached hydrogen (secondary N) is 3. The van der Waals surface area contributed by atoms with Crippen LogP contribution in [0.1, 0.15) is 29.9 Å². The summed E-state index contributed by atoms with van der Waals surface area (Å²) < 4.78 is 0. The van der Waals surface area contributed by atoms with Crippen molar-refractivity contribution < 1.29 is 14.7 Å². The Morgan fingerprint density at radius 1 is 1.20 bits per heavy atom. The smallest absolute Gasteiger partial charge is 0.317 e. The van der Waals surface area contributed by atoms with Crippen LogP contribution >= 0.6 is 0 Å². The number of hydrogen-bond donors (Lipinski definition) is 4. The fraction of sp³-hybridized carbons (Fsp3) is 0.333. The first kappa shape index (κ1) is 19.7. The van der Waals surface area contributed by atoms with Crippen molar-refractivity contribution in [2.45, 2.75) is 25.3 Å². The number of carbonyl (C=O) groups is 2. The highest BCUT2D eigenvalue weighted by Gasteiger charge is 2.26. The Morgan fingerprint density at radius 2 is 2.07 bits per heavy atom. The molecule has 1 aliphatic heterocycles. The number of anilines is 1. The van der Waals surface area contributed by atoms with E-state index in [0.29, 0.717) is 44.2 Å². The fourth-order valence-electron chi connectivity index (χ4n) is 3.82. The van der Waals surface area contributed by atoms with Gasteiger partial charge in [0.2, 0.25) is 5.95 Å². The summed E-state index contributed by atoms with van der Waals surface area (Å²) in [7, 11) is 0. The first-order valence-electron chi connectivity index (χ1n) is 9.97. The van der Waals surface area contributed by atoms with E-state index in [0.717, 1.165) is 16.6 Å². The number of pyridine rings is 1. The standard InChI is InChI=1S/C21H24N6O3/c28-18(29)12-14-7-11-27(13-15-4-1-2-5-16(14)15)21(30)24-10-9-23-20-25-17-6-3-8-22-19(17)26-20/h1-6,8,14H,7,9-13H2,(H,24,30)(H,28,29)(H2,22,23,25,26). The van der Waals surface area contributed by atoms with E-state index in [2.05, 4.69) is 25.6 Å². The van der Waals surface area contributed by atoms with Gasteiger partial charge in [0.15, 0.2) is 5.65 Å². The monoisotopic (exact) mass is 408 g/mol. The largest absolute Gasteiger partial charge is 0.481 e. The summed E-state index contributed by atoms with van der Waals surface area (Å²) in [5, 5.41) is 15.3. The van der Waals surface area contributed by atoms with Gasteiger partial charge in [0.25, 0.3) is 0 Å². The molecular weight excluding hydrogens is 384 g/mol. The van der Waals surface area contributed by atoms with Gasteiger partial charge in [-0.3, -0.25) is 4.79 Å². The molecule has 30 heavy (non-hydrogen) atoms. The lowest BCUT2D eigenvalue weighted by molar-refractivity contribution is -0.137. The summed E-state index contributed by atoms with van der Waals surface area (Å²) in [6.45, 7) is 1.93. The number of nitrogens with zero attached hydrogens (tertiary/aromatic N) is 3. The Balaban J connectivity index is 1.31. The summed E-state index contributed by atoms with van der Waals surface area (Å²) in [5.41, 5.74) is 3.52. The number of H-pyrrole nitrogens is 1. The number of urea groups is 1. The highest BCUT2D eigenvalue weighted by atomic mass is 16.4. The molecule has 1 aliphatic rings. The van der Waals surface area contributed by atoms with Crippen LogP contribution in [0, 0.1) is 0 Å². The second-order valence-electron chi connectivity index (χ2n) is 7.32. The highest BCUT2D eigenvalue weighted by molar-refractivity contribution is 5.75. The van der Waals surface area contributed by atoms with E-state index >= 15 is 0 Å². The van der Waals surface area contributed by atoms with Crippen LogP contribution in [0.15, 0.2) is 42.6 Å². The van der Waals surface area contributed by atoms with Gasteiger partial charge in [-0.1, -0.05) is 24.3 Å². The van der Waals surface area contributed by atoms with Crippen molar-refractivity contribution in [3.05, 3.63) is 53.7 Å². The zero-order valence-corrected chi connectivity index (χ0v) is 16.5. The van der Waals surface area contributed by atoms with Crippen LogP contribution in [0.5, 0.6) is 0 Å². The Hall–Kier alpha value is -3.62. The number of carbonyl (C=O) groups excluding carboxylic acids is 1. The molecule has 4 N–H and O–H groups in total. The van der Waals surface area contributed by atoms with Crippen molar-refractivity contribution in [1.82, 2.24) is 25.2 Å². The molecule has 0 spiro atoms. The van der Waals surface area contributed by atoms with Crippen molar-refractivity contribution in [3.63, 3.8) is 0 Å². The molecule has 3 aromatic rings. The second-order valence-corrected chi connectivity index (χ2v) is 7.32. The molecule has 0 saturated heterocycles. The number of rotatable bonds is 6. The van der Waals surface area contributed by atoms with Crippen molar-refractivity contribution in [2.24, 2.45) is 0 Å². The maximum atomic E-state index is 12.7. The van der Waals surface area contributed by atoms with Gasteiger partial charge in [0.1, 0.15) is 0 Å². The number of imidazole rings is 1. The molecule has 9 nitrogen and oxygen atoms in total. The van der Waals surface area contributed by atoms with Gasteiger partial charge in [-0.15, -0.1) is 0 Å². The molecule has 1 atom stereocenters. The SMILES string of the molecule is O=C(O)CC1CCN(C(=O)NCCNc2nc3ncccc3[nH]2)Cc2ccccc21. The van der Waals surface area contributed by atoms with E-state index in [1.165, 1.54) is 0 Å². The maximum Gasteiger partial charge on any atom is 0.317 e. The normalized spacial score (nSPS) is 16.0. The zero-order chi connectivity index (χ0) is 20.9. The van der Waals surface area contributed by atoms with Gasteiger partial charge >= 0.3 is 12.0 Å². The topological polar surface area (TPSA) is 123 Å². The lowest BCUT2D eigenvalue weighted by Gasteiger charge is -2.21. The van der Waals surface area contributed by atoms with Crippen LogP contribution in [0.25, 0.3) is 11.2 Å². The molecule has 1 unspecified atom stereocenters. The molecule has 1 aromatic carbocycles. The Bertz CT molecular complexity index is 1020. The average molecular weight is 408 g/mol. The lowest BCUT2D eigenvalue weighted by atomic mass is 9.90. The number of benzene rings is 1. The Morgan fingerprint density at radius 3 is 2.90 bits per heavy atom. The number of carboxylic acid groups (broad SMARTS) is 1. The summed E-state index contributed by atoms with van der Waals surface area (Å²) in [5.74, 6) is -0.294. The van der Waals surface area contributed by atoms with Crippen LogP contribution in [-0.2, 0) is 11.3 Å². The second kappa shape index (κ2) is 8.81. The van der Waals surface area contributed by atoms with E-state index in [9.17, 15) is 14.7 Å². The predicted molar refractivity (Wildman–Crippen MR) is 112 cm³/mol. The van der Waals surface area contributed by atoms with E-state index in [1.807, 2.05) is 36.4 Å². The van der Waals surface area contributed by atoms with Gasteiger partial charge < -0.3 is 25.6 Å². The quantitative estimate of drug-likeness (QED) is 0.465. The van der Waals surface area contributed by atoms with Crippen LogP contribution in [0.3, 0.4) is 0 Å². The number of aliphatic carboxylic acids is 1. The van der Waals surface area contributed by atoms with Crippen LogP contribution < -0.4 is 10.6 Å². The summed E-state index contributed by atoms with van der Waals surface area (Å²) in [6.07, 6.45) is 2.39. The lowest BCUT2D eigenvalue weighted by Crippen LogP contribution is -2.41. The van der Waals surface area contributed by atoms with Gasteiger partial charge in [0.05, 0.1) is 11.9 Å². The molecule has 0 saturated carbocycles. The molecule has 0 bridgehead atoms. The molecule has 2 amide bonds. The molecule has 4 rings (SSSR count). The Kier molecular flexibility index (Phi) is 5.78. The van der Waals surface area contributed by atoms with Gasteiger partial charge in [-0.2, -0.15) is 4.98 Å². The minimum absolute atomic E-state index is 0.0722. The average Bonchev–Trinajstić information content (AvgIpc) is 3.07. The molecule has 156 valence electrons. The van der Waals surface area contributed by atoms with E-state index in [4.69, 9.17) is 0 Å². The van der Waals surface area contributed by atoms with E-state index < -0.39 is 5.97 Å². The van der Waals surface area contributed by atoms with Crippen molar-refractivity contribution in [1.29, 1.82) is 0 Å². The van der Waals surface area contributed by atoms with Crippen molar-refractivity contribution in [3.8, 4) is 0 Å². The number of aromatic amines is 1. The van der Waals surface area contributed by atoms with Crippen LogP contribution in [0.4, 0.5) is 10.7 Å². The van der Waals surface area contributed by atoms with Crippen LogP contribution in [-0.4, -0.2) is 56.6 Å². The first-order chi connectivity index (χ1) is 14.6. The van der Waals surface area contributed by atoms with Crippen LogP contribution in [0.2, 0.25) is 0 Å². The minimum Gasteiger partial charge on any atom is -0.481 e. The molecule has 0 aliphatic carbocycles. The maximum absolute atomic E-state index is 12.7.